The Morgan fingerprint density at radius 3 is 1.59 bits per heavy atom. The van der Waals surface area contributed by atoms with E-state index in [0.29, 0.717) is 6.04 Å². The summed E-state index contributed by atoms with van der Waals surface area (Å²) in [5.74, 6) is 0.807. The van der Waals surface area contributed by atoms with Gasteiger partial charge in [-0.2, -0.15) is 12.1 Å². The third-order valence-corrected chi connectivity index (χ3v) is 14.4. The van der Waals surface area contributed by atoms with Crippen LogP contribution in [0.3, 0.4) is 0 Å². The molecule has 0 amide bonds. The van der Waals surface area contributed by atoms with E-state index < -0.39 is 0 Å². The molecule has 0 atom stereocenters. The van der Waals surface area contributed by atoms with Gasteiger partial charge >= 0.3 is 21.1 Å². The maximum Gasteiger partial charge on any atom is 2.00 e. The van der Waals surface area contributed by atoms with Gasteiger partial charge in [-0.1, -0.05) is 211 Å². The van der Waals surface area contributed by atoms with Gasteiger partial charge in [-0.15, -0.1) is 35.7 Å². The number of benzene rings is 10. The number of fused-ring (bicyclic) bond motifs is 4. The van der Waals surface area contributed by atoms with Crippen molar-refractivity contribution in [3.63, 3.8) is 0 Å². The summed E-state index contributed by atoms with van der Waals surface area (Å²) in [5.41, 5.74) is 19.5. The molecule has 5 nitrogen and oxygen atoms in total. The first-order valence-corrected chi connectivity index (χ1v) is 25.4. The zero-order valence-corrected chi connectivity index (χ0v) is 43.9. The van der Waals surface area contributed by atoms with Crippen molar-refractivity contribution in [1.29, 1.82) is 0 Å². The van der Waals surface area contributed by atoms with Gasteiger partial charge in [0, 0.05) is 28.9 Å². The Balaban J connectivity index is 0.00000569. The number of hydrogen-bond donors (Lipinski definition) is 0. The van der Waals surface area contributed by atoms with Crippen LogP contribution in [0.4, 0.5) is 34.1 Å². The second kappa shape index (κ2) is 20.3. The predicted molar refractivity (Wildman–Crippen MR) is 309 cm³/mol. The second-order valence-corrected chi connectivity index (χ2v) is 19.1. The van der Waals surface area contributed by atoms with Crippen molar-refractivity contribution in [2.24, 2.45) is 0 Å². The Morgan fingerprint density at radius 1 is 0.453 bits per heavy atom. The van der Waals surface area contributed by atoms with Crippen LogP contribution in [0.5, 0.6) is 0 Å². The number of aromatic nitrogens is 2. The first-order valence-electron chi connectivity index (χ1n) is 25.4. The van der Waals surface area contributed by atoms with Gasteiger partial charge in [0.15, 0.2) is 0 Å². The van der Waals surface area contributed by atoms with Crippen LogP contribution >= 0.6 is 0 Å². The molecule has 13 rings (SSSR count). The van der Waals surface area contributed by atoms with E-state index in [1.807, 2.05) is 6.20 Å². The molecule has 0 aliphatic carbocycles. The summed E-state index contributed by atoms with van der Waals surface area (Å²) in [6, 6.07) is 97.4. The number of nitrogens with zero attached hydrogens (tertiary/aromatic N) is 5. The standard InChI is InChI=1S/C69H51N5.Pt/c1-48(2)71-47-72(65-39-18-17-38-64(65)71)54-30-19-31-55(45-54)73(69-59(51-26-11-5-12-27-51)35-21-36-60(69)52-28-13-6-14-29-52)56-40-41-62-61-32-15-16-37-63(61)74(66(62)46-56)67-44-53(42-43-70-67)68-57(49-22-7-3-8-23-49)33-20-34-58(68)50-24-9-4-10-25-50;/h3-44,48H,47H2,1-2H3;/q-2;+2. The molecule has 0 radical (unpaired) electrons. The summed E-state index contributed by atoms with van der Waals surface area (Å²) in [7, 11) is 0. The average molecular weight is 1150 g/mol. The average Bonchev–Trinajstić information content (AvgIpc) is 4.05. The summed E-state index contributed by atoms with van der Waals surface area (Å²) < 4.78 is 2.30. The molecule has 3 heterocycles. The van der Waals surface area contributed by atoms with Gasteiger partial charge in [-0.05, 0) is 94.1 Å². The van der Waals surface area contributed by atoms with Crippen LogP contribution in [0.25, 0.3) is 83.3 Å². The molecule has 1 aliphatic heterocycles. The molecular weight excluding hydrogens is 1090 g/mol. The molecular formula is C69H51N5Pt. The Bertz CT molecular complexity index is 3870. The first-order chi connectivity index (χ1) is 36.6. The molecule has 6 heteroatoms. The summed E-state index contributed by atoms with van der Waals surface area (Å²) in [6.45, 7) is 5.24. The molecule has 0 saturated heterocycles. The number of para-hydroxylation sites is 4. The molecule has 1 aliphatic rings. The number of hydrogen-bond acceptors (Lipinski definition) is 4. The molecule has 362 valence electrons. The van der Waals surface area contributed by atoms with Crippen molar-refractivity contribution < 1.29 is 21.1 Å². The van der Waals surface area contributed by atoms with Gasteiger partial charge in [0.05, 0.1) is 23.7 Å². The van der Waals surface area contributed by atoms with E-state index in [1.54, 1.807) is 0 Å². The Morgan fingerprint density at radius 2 is 0.973 bits per heavy atom. The third-order valence-electron chi connectivity index (χ3n) is 14.4. The fourth-order valence-corrected chi connectivity index (χ4v) is 11.0. The molecule has 0 spiro atoms. The van der Waals surface area contributed by atoms with Gasteiger partial charge in [0.2, 0.25) is 0 Å². The van der Waals surface area contributed by atoms with Crippen LogP contribution in [-0.2, 0) is 21.1 Å². The number of rotatable bonds is 11. The minimum atomic E-state index is 0. The van der Waals surface area contributed by atoms with Crippen molar-refractivity contribution >= 4 is 55.9 Å². The van der Waals surface area contributed by atoms with Crippen molar-refractivity contribution in [2.45, 2.75) is 19.9 Å². The normalized spacial score (nSPS) is 12.0. The van der Waals surface area contributed by atoms with Gasteiger partial charge in [0.25, 0.3) is 0 Å². The fraction of sp³-hybridized carbons (Fsp3) is 0.0580. The van der Waals surface area contributed by atoms with E-state index in [1.165, 1.54) is 11.4 Å². The minimum absolute atomic E-state index is 0. The van der Waals surface area contributed by atoms with E-state index in [9.17, 15) is 0 Å². The maximum absolute atomic E-state index is 5.22. The molecule has 75 heavy (non-hydrogen) atoms. The molecule has 0 bridgehead atoms. The van der Waals surface area contributed by atoms with E-state index in [-0.39, 0.29) is 21.1 Å². The van der Waals surface area contributed by atoms with Gasteiger partial charge in [0.1, 0.15) is 5.82 Å². The SMILES string of the molecule is CC(C)N1CN(c2[c-]c(N(c3[c-]c4c(cc3)c3ccccc3n4-c3cc(-c4c(-c5ccccc5)cccc4-c4ccccc4)ccn3)c3c(-c4ccccc4)cccc3-c3ccccc3)ccc2)c2ccccc21.[Pt+2]. The van der Waals surface area contributed by atoms with Gasteiger partial charge in [-0.25, -0.2) is 4.98 Å². The van der Waals surface area contributed by atoms with Crippen LogP contribution in [0.2, 0.25) is 0 Å². The summed E-state index contributed by atoms with van der Waals surface area (Å²) in [5, 5.41) is 2.22. The van der Waals surface area contributed by atoms with Crippen molar-refractivity contribution in [2.75, 3.05) is 21.4 Å². The Kier molecular flexibility index (Phi) is 12.8. The summed E-state index contributed by atoms with van der Waals surface area (Å²) >= 11 is 0. The monoisotopic (exact) mass is 1140 g/mol. The zero-order valence-electron chi connectivity index (χ0n) is 41.6. The van der Waals surface area contributed by atoms with E-state index >= 15 is 0 Å². The maximum atomic E-state index is 5.22. The first kappa shape index (κ1) is 47.3. The fourth-order valence-electron chi connectivity index (χ4n) is 11.0. The van der Waals surface area contributed by atoms with Crippen molar-refractivity contribution in [3.8, 4) is 61.5 Å². The van der Waals surface area contributed by atoms with Crippen LogP contribution < -0.4 is 14.7 Å². The van der Waals surface area contributed by atoms with Gasteiger partial charge in [-0.3, -0.25) is 0 Å². The molecule has 10 aromatic carbocycles. The van der Waals surface area contributed by atoms with Crippen molar-refractivity contribution in [1.82, 2.24) is 9.55 Å². The molecule has 0 saturated carbocycles. The summed E-state index contributed by atoms with van der Waals surface area (Å²) in [6.07, 6.45) is 1.96. The quantitative estimate of drug-likeness (QED) is 0.121. The van der Waals surface area contributed by atoms with Crippen LogP contribution in [0.1, 0.15) is 13.8 Å². The van der Waals surface area contributed by atoms with E-state index in [2.05, 4.69) is 294 Å². The molecule has 0 unspecified atom stereocenters. The smallest absolute Gasteiger partial charge is 0.357 e. The second-order valence-electron chi connectivity index (χ2n) is 19.1. The van der Waals surface area contributed by atoms with E-state index in [4.69, 9.17) is 4.98 Å². The molecule has 2 aromatic heterocycles. The Labute approximate surface area is 453 Å². The molecule has 0 fully saturated rings. The minimum Gasteiger partial charge on any atom is -0.357 e. The third kappa shape index (κ3) is 8.59. The topological polar surface area (TPSA) is 27.5 Å². The van der Waals surface area contributed by atoms with Crippen LogP contribution in [0.15, 0.2) is 255 Å². The van der Waals surface area contributed by atoms with Crippen molar-refractivity contribution in [3.05, 3.63) is 267 Å². The number of anilines is 6. The largest absolute Gasteiger partial charge is 2.00 e. The van der Waals surface area contributed by atoms with Gasteiger partial charge < -0.3 is 19.3 Å². The Hall–Kier alpha value is -8.76. The number of pyridine rings is 1. The molecule has 0 N–H and O–H groups in total. The van der Waals surface area contributed by atoms with E-state index in [0.717, 1.165) is 113 Å². The molecule has 12 aromatic rings. The predicted octanol–water partition coefficient (Wildman–Crippen LogP) is 17.9. The summed E-state index contributed by atoms with van der Waals surface area (Å²) in [4.78, 5) is 12.4. The zero-order chi connectivity index (χ0) is 49.5. The van der Waals surface area contributed by atoms with Crippen LogP contribution in [-0.4, -0.2) is 22.3 Å². The van der Waals surface area contributed by atoms with Crippen LogP contribution in [0, 0.1) is 12.1 Å².